The van der Waals surface area contributed by atoms with Gasteiger partial charge in [0, 0.05) is 10.0 Å². The minimum atomic E-state index is -0.930. The first-order valence-corrected chi connectivity index (χ1v) is 12.1. The van der Waals surface area contributed by atoms with Crippen LogP contribution in [0.2, 0.25) is 10.0 Å². The second-order valence-corrected chi connectivity index (χ2v) is 9.42. The highest BCUT2D eigenvalue weighted by Crippen LogP contribution is 2.38. The van der Waals surface area contributed by atoms with E-state index in [1.807, 2.05) is 0 Å². The molecule has 10 heteroatoms. The van der Waals surface area contributed by atoms with Crippen molar-refractivity contribution in [1.29, 1.82) is 0 Å². The van der Waals surface area contributed by atoms with Crippen LogP contribution in [0.3, 0.4) is 0 Å². The van der Waals surface area contributed by atoms with Crippen LogP contribution in [0.4, 0.5) is 0 Å². The van der Waals surface area contributed by atoms with Gasteiger partial charge in [0.2, 0.25) is 0 Å². The Morgan fingerprint density at radius 2 is 1.63 bits per heavy atom. The highest BCUT2D eigenvalue weighted by molar-refractivity contribution is 7.07. The van der Waals surface area contributed by atoms with Gasteiger partial charge in [0.15, 0.2) is 0 Å². The van der Waals surface area contributed by atoms with Crippen LogP contribution in [0.25, 0.3) is 17.5 Å². The first-order valence-electron chi connectivity index (χ1n) is 10.5. The zero-order valence-electron chi connectivity index (χ0n) is 18.7. The molecule has 1 atom stereocenters. The molecule has 0 radical (unpaired) electrons. The zero-order chi connectivity index (χ0) is 25.3. The first kappa shape index (κ1) is 24.8. The van der Waals surface area contributed by atoms with Crippen LogP contribution in [0.15, 0.2) is 58.9 Å². The lowest BCUT2D eigenvalue weighted by molar-refractivity contribution is -0.136. The molecule has 0 aliphatic carbocycles. The van der Waals surface area contributed by atoms with E-state index >= 15 is 0 Å². The molecule has 1 aliphatic heterocycles. The van der Waals surface area contributed by atoms with Crippen molar-refractivity contribution in [2.75, 3.05) is 13.7 Å². The van der Waals surface area contributed by atoms with Crippen LogP contribution in [-0.4, -0.2) is 30.2 Å². The van der Waals surface area contributed by atoms with E-state index in [1.165, 1.54) is 7.11 Å². The topological polar surface area (TPSA) is 101 Å². The Morgan fingerprint density at radius 3 is 2.20 bits per heavy atom. The number of rotatable bonds is 5. The number of carbonyl (C=O) groups excluding carboxylic acids is 2. The summed E-state index contributed by atoms with van der Waals surface area (Å²) in [7, 11) is 1.21. The average Bonchev–Trinajstić information content (AvgIpc) is 3.16. The van der Waals surface area contributed by atoms with Crippen LogP contribution < -0.4 is 20.5 Å². The van der Waals surface area contributed by atoms with Crippen LogP contribution >= 0.6 is 34.5 Å². The van der Waals surface area contributed by atoms with Crippen LogP contribution in [0.1, 0.15) is 24.0 Å². The van der Waals surface area contributed by atoms with Crippen LogP contribution in [-0.2, 0) is 19.1 Å². The van der Waals surface area contributed by atoms with Crippen molar-refractivity contribution in [3.8, 4) is 0 Å². The molecule has 1 aliphatic rings. The molecule has 0 bridgehead atoms. The van der Waals surface area contributed by atoms with Crippen molar-refractivity contribution in [3.05, 3.63) is 94.8 Å². The summed E-state index contributed by atoms with van der Waals surface area (Å²) >= 11 is 13.1. The second kappa shape index (κ2) is 10.1. The predicted molar refractivity (Wildman–Crippen MR) is 137 cm³/mol. The molecule has 7 nitrogen and oxygen atoms in total. The molecule has 1 aromatic heterocycles. The lowest BCUT2D eigenvalue weighted by Crippen LogP contribution is -2.41. The maximum atomic E-state index is 13.4. The third-order valence-electron chi connectivity index (χ3n) is 5.42. The number of aromatic nitrogens is 1. The van der Waals surface area contributed by atoms with E-state index in [0.717, 1.165) is 21.5 Å². The number of fused-ring (bicyclic) bond motifs is 1. The lowest BCUT2D eigenvalue weighted by Gasteiger charge is -2.26. The van der Waals surface area contributed by atoms with Gasteiger partial charge in [-0.3, -0.25) is 9.36 Å². The number of esters is 2. The molecule has 0 fully saturated rings. The molecule has 2 heterocycles. The van der Waals surface area contributed by atoms with E-state index in [2.05, 4.69) is 0 Å². The summed E-state index contributed by atoms with van der Waals surface area (Å²) in [6.45, 7) is 1.77. The largest absolute Gasteiger partial charge is 0.466 e. The Morgan fingerprint density at radius 1 is 1.03 bits per heavy atom. The molecule has 4 rings (SSSR count). The number of methoxy groups -OCH3 is 1. The normalized spacial score (nSPS) is 15.7. The van der Waals surface area contributed by atoms with Crippen molar-refractivity contribution in [2.24, 2.45) is 5.73 Å². The molecule has 0 spiro atoms. The van der Waals surface area contributed by atoms with Crippen LogP contribution in [0, 0.1) is 0 Å². The third kappa shape index (κ3) is 4.65. The van der Waals surface area contributed by atoms with Crippen molar-refractivity contribution >= 4 is 63.9 Å². The summed E-state index contributed by atoms with van der Waals surface area (Å²) in [6.07, 6.45) is 1.67. The first-order chi connectivity index (χ1) is 16.8. The van der Waals surface area contributed by atoms with Crippen molar-refractivity contribution in [1.82, 2.24) is 4.57 Å². The molecule has 180 valence electrons. The standard InChI is InChI=1S/C25H20Cl2N2O5S/c1-3-34-25(32)20-18(14-6-10-16(27)11-7-14)19(24(31)33-2)21(28)29-22(30)17(35-23(20)29)12-13-4-8-15(26)9-5-13/h4-12,18H,3,28H2,1-2H3/t18-/m0/s1. The molecular formula is C25H20Cl2N2O5S. The van der Waals surface area contributed by atoms with Gasteiger partial charge < -0.3 is 15.2 Å². The summed E-state index contributed by atoms with van der Waals surface area (Å²) < 4.78 is 12.1. The minimum absolute atomic E-state index is 0.0386. The number of hydrogen-bond donors (Lipinski definition) is 1. The Hall–Kier alpha value is -3.33. The van der Waals surface area contributed by atoms with Crippen LogP contribution in [0.5, 0.6) is 0 Å². The number of halogens is 2. The highest BCUT2D eigenvalue weighted by atomic mass is 35.5. The SMILES string of the molecule is CCOC(=O)C1=c2sc(=Cc3ccc(Cl)cc3)c(=O)n2C(N)=C(C(=O)OC)[C@@H]1c1ccc(Cl)cc1. The lowest BCUT2D eigenvalue weighted by atomic mass is 9.83. The summed E-state index contributed by atoms with van der Waals surface area (Å²) in [5.74, 6) is -2.48. The van der Waals surface area contributed by atoms with Crippen molar-refractivity contribution in [3.63, 3.8) is 0 Å². The number of ether oxygens (including phenoxy) is 2. The Balaban J connectivity index is 2.11. The van der Waals surface area contributed by atoms with Gasteiger partial charge in [-0.1, -0.05) is 47.5 Å². The van der Waals surface area contributed by atoms with Gasteiger partial charge in [0.05, 0.1) is 35.3 Å². The van der Waals surface area contributed by atoms with E-state index in [0.29, 0.717) is 20.1 Å². The van der Waals surface area contributed by atoms with E-state index in [-0.39, 0.29) is 28.2 Å². The molecular weight excluding hydrogens is 511 g/mol. The minimum Gasteiger partial charge on any atom is -0.466 e. The number of nitrogens with two attached hydrogens (primary N) is 1. The zero-order valence-corrected chi connectivity index (χ0v) is 21.0. The van der Waals surface area contributed by atoms with Gasteiger partial charge in [-0.2, -0.15) is 0 Å². The Bertz CT molecular complexity index is 1520. The number of carbonyl (C=O) groups is 2. The summed E-state index contributed by atoms with van der Waals surface area (Å²) in [5.41, 5.74) is 7.31. The fraction of sp³-hybridized carbons (Fsp3) is 0.160. The molecule has 35 heavy (non-hydrogen) atoms. The monoisotopic (exact) mass is 530 g/mol. The predicted octanol–water partition coefficient (Wildman–Crippen LogP) is 2.86. The fourth-order valence-corrected chi connectivity index (χ4v) is 5.28. The number of nitrogens with zero attached hydrogens (tertiary/aromatic N) is 1. The molecule has 2 aromatic carbocycles. The van der Waals surface area contributed by atoms with Gasteiger partial charge in [-0.25, -0.2) is 9.59 Å². The molecule has 0 unspecified atom stereocenters. The summed E-state index contributed by atoms with van der Waals surface area (Å²) in [6, 6.07) is 13.6. The van der Waals surface area contributed by atoms with Gasteiger partial charge >= 0.3 is 11.9 Å². The van der Waals surface area contributed by atoms with E-state index < -0.39 is 23.4 Å². The van der Waals surface area contributed by atoms with Gasteiger partial charge in [0.1, 0.15) is 10.5 Å². The van der Waals surface area contributed by atoms with E-state index in [9.17, 15) is 14.4 Å². The molecule has 0 amide bonds. The maximum Gasteiger partial charge on any atom is 0.338 e. The quantitative estimate of drug-likeness (QED) is 0.509. The molecule has 0 saturated heterocycles. The number of thiazole rings is 1. The van der Waals surface area contributed by atoms with E-state index in [4.69, 9.17) is 38.4 Å². The van der Waals surface area contributed by atoms with E-state index in [1.54, 1.807) is 61.5 Å². The Kier molecular flexibility index (Phi) is 7.16. The smallest absolute Gasteiger partial charge is 0.338 e. The Labute approximate surface area is 214 Å². The van der Waals surface area contributed by atoms with Crippen molar-refractivity contribution < 1.29 is 19.1 Å². The highest BCUT2D eigenvalue weighted by Gasteiger charge is 2.39. The number of benzene rings is 2. The fourth-order valence-electron chi connectivity index (χ4n) is 3.86. The van der Waals surface area contributed by atoms with Gasteiger partial charge in [-0.15, -0.1) is 11.3 Å². The second-order valence-electron chi connectivity index (χ2n) is 7.52. The average molecular weight is 531 g/mol. The van der Waals surface area contributed by atoms with Gasteiger partial charge in [-0.05, 0) is 48.4 Å². The maximum absolute atomic E-state index is 13.4. The molecule has 0 saturated carbocycles. The van der Waals surface area contributed by atoms with Gasteiger partial charge in [0.25, 0.3) is 5.56 Å². The molecule has 2 N–H and O–H groups in total. The van der Waals surface area contributed by atoms with Crippen molar-refractivity contribution in [2.45, 2.75) is 12.8 Å². The molecule has 3 aromatic rings. The number of hydrogen-bond acceptors (Lipinski definition) is 7. The summed E-state index contributed by atoms with van der Waals surface area (Å²) in [4.78, 5) is 39.6. The summed E-state index contributed by atoms with van der Waals surface area (Å²) in [5, 5.41) is 1.04. The third-order valence-corrected chi connectivity index (χ3v) is 7.03.